The summed E-state index contributed by atoms with van der Waals surface area (Å²) in [6.07, 6.45) is 1.40. The highest BCUT2D eigenvalue weighted by molar-refractivity contribution is 14.0. The van der Waals surface area contributed by atoms with Crippen molar-refractivity contribution in [2.24, 2.45) is 4.99 Å². The van der Waals surface area contributed by atoms with Gasteiger partial charge in [0.15, 0.2) is 5.96 Å². The van der Waals surface area contributed by atoms with Gasteiger partial charge in [0.25, 0.3) is 0 Å². The van der Waals surface area contributed by atoms with Crippen LogP contribution >= 0.6 is 24.0 Å². The molecular weight excluding hydrogens is 463 g/mol. The fourth-order valence-corrected chi connectivity index (χ4v) is 2.88. The highest BCUT2D eigenvalue weighted by Gasteiger charge is 2.13. The second-order valence-electron chi connectivity index (χ2n) is 6.72. The maximum absolute atomic E-state index is 11.7. The monoisotopic (exact) mass is 494 g/mol. The summed E-state index contributed by atoms with van der Waals surface area (Å²) in [6.45, 7) is 1.32. The molecule has 152 valence electrons. The molecule has 0 spiro atoms. The Kier molecular flexibility index (Phi) is 11.2. The van der Waals surface area contributed by atoms with E-state index >= 15 is 0 Å². The summed E-state index contributed by atoms with van der Waals surface area (Å²) < 4.78 is 0. The molecule has 0 heterocycles. The molecule has 28 heavy (non-hydrogen) atoms. The molecule has 0 aliphatic rings. The first kappa shape index (κ1) is 23.9. The summed E-state index contributed by atoms with van der Waals surface area (Å²) >= 11 is 0. The number of nitrogens with zero attached hydrogens (tertiary/aromatic N) is 2. The van der Waals surface area contributed by atoms with Crippen LogP contribution in [0.1, 0.15) is 23.5 Å². The molecule has 6 heteroatoms. The molecule has 2 aromatic carbocycles. The van der Waals surface area contributed by atoms with Gasteiger partial charge in [-0.25, -0.2) is 0 Å². The number of carbonyl (C=O) groups is 1. The highest BCUT2D eigenvalue weighted by atomic mass is 127. The van der Waals surface area contributed by atoms with E-state index in [1.807, 2.05) is 12.1 Å². The van der Waals surface area contributed by atoms with Crippen molar-refractivity contribution >= 4 is 35.8 Å². The third-order valence-electron chi connectivity index (χ3n) is 4.47. The quantitative estimate of drug-likeness (QED) is 0.337. The van der Waals surface area contributed by atoms with Crippen molar-refractivity contribution < 1.29 is 4.79 Å². The van der Waals surface area contributed by atoms with E-state index < -0.39 is 0 Å². The summed E-state index contributed by atoms with van der Waals surface area (Å²) in [6, 6.07) is 21.0. The van der Waals surface area contributed by atoms with Crippen LogP contribution in [0.25, 0.3) is 0 Å². The number of rotatable bonds is 8. The Morgan fingerprint density at radius 3 is 2.18 bits per heavy atom. The van der Waals surface area contributed by atoms with Crippen LogP contribution in [0.3, 0.4) is 0 Å². The Morgan fingerprint density at radius 1 is 1.00 bits per heavy atom. The minimum Gasteiger partial charge on any atom is -0.356 e. The zero-order valence-corrected chi connectivity index (χ0v) is 19.2. The molecule has 0 radical (unpaired) electrons. The summed E-state index contributed by atoms with van der Waals surface area (Å²) in [7, 11) is 5.28. The van der Waals surface area contributed by atoms with Crippen molar-refractivity contribution in [1.82, 2.24) is 15.5 Å². The Hall–Kier alpha value is -2.09. The lowest BCUT2D eigenvalue weighted by atomic mass is 9.92. The standard InChI is InChI=1S/C22H30N4O.HI/c1-23-22(24-15-14-21(27)26(2)3)25-17-20(19-12-8-5-9-13-19)16-18-10-6-4-7-11-18;/h4-13,20H,14-17H2,1-3H3,(H2,23,24,25);1H. The first-order chi connectivity index (χ1) is 13.1. The maximum atomic E-state index is 11.7. The fourth-order valence-electron chi connectivity index (χ4n) is 2.88. The van der Waals surface area contributed by atoms with Gasteiger partial charge in [0, 0.05) is 46.6 Å². The lowest BCUT2D eigenvalue weighted by Gasteiger charge is -2.20. The molecule has 5 nitrogen and oxygen atoms in total. The Morgan fingerprint density at radius 2 is 1.61 bits per heavy atom. The zero-order chi connectivity index (χ0) is 19.5. The van der Waals surface area contributed by atoms with E-state index in [0.717, 1.165) is 18.9 Å². The van der Waals surface area contributed by atoms with E-state index in [2.05, 4.69) is 64.2 Å². The van der Waals surface area contributed by atoms with E-state index in [0.29, 0.717) is 18.9 Å². The van der Waals surface area contributed by atoms with Gasteiger partial charge in [-0.15, -0.1) is 24.0 Å². The van der Waals surface area contributed by atoms with Gasteiger partial charge in [-0.1, -0.05) is 60.7 Å². The van der Waals surface area contributed by atoms with E-state index in [1.165, 1.54) is 11.1 Å². The van der Waals surface area contributed by atoms with Crippen molar-refractivity contribution in [2.75, 3.05) is 34.2 Å². The number of nitrogens with one attached hydrogen (secondary N) is 2. The van der Waals surface area contributed by atoms with Crippen LogP contribution in [0.15, 0.2) is 65.7 Å². The van der Waals surface area contributed by atoms with Crippen molar-refractivity contribution in [2.45, 2.75) is 18.8 Å². The maximum Gasteiger partial charge on any atom is 0.223 e. The predicted octanol–water partition coefficient (Wildman–Crippen LogP) is 3.27. The molecule has 0 aliphatic carbocycles. The number of carbonyl (C=O) groups excluding carboxylic acids is 1. The third-order valence-corrected chi connectivity index (χ3v) is 4.47. The number of hydrogen-bond donors (Lipinski definition) is 2. The normalized spacial score (nSPS) is 11.9. The molecule has 2 aromatic rings. The van der Waals surface area contributed by atoms with Gasteiger partial charge in [-0.3, -0.25) is 9.79 Å². The first-order valence-electron chi connectivity index (χ1n) is 9.33. The highest BCUT2D eigenvalue weighted by Crippen LogP contribution is 2.20. The second-order valence-corrected chi connectivity index (χ2v) is 6.72. The van der Waals surface area contributed by atoms with Crippen LogP contribution in [0.5, 0.6) is 0 Å². The van der Waals surface area contributed by atoms with E-state index in [4.69, 9.17) is 0 Å². The van der Waals surface area contributed by atoms with Gasteiger partial charge in [0.05, 0.1) is 0 Å². The third kappa shape index (κ3) is 8.29. The number of hydrogen-bond acceptors (Lipinski definition) is 2. The van der Waals surface area contributed by atoms with Crippen molar-refractivity contribution in [1.29, 1.82) is 0 Å². The summed E-state index contributed by atoms with van der Waals surface area (Å²) in [5.74, 6) is 1.15. The van der Waals surface area contributed by atoms with Crippen LogP contribution in [0.2, 0.25) is 0 Å². The molecule has 0 aromatic heterocycles. The van der Waals surface area contributed by atoms with Crippen molar-refractivity contribution in [3.63, 3.8) is 0 Å². The molecular formula is C22H31IN4O. The molecule has 1 atom stereocenters. The van der Waals surface area contributed by atoms with Gasteiger partial charge in [0.2, 0.25) is 5.91 Å². The van der Waals surface area contributed by atoms with Crippen LogP contribution < -0.4 is 10.6 Å². The first-order valence-corrected chi connectivity index (χ1v) is 9.33. The van der Waals surface area contributed by atoms with Crippen LogP contribution in [0, 0.1) is 0 Å². The van der Waals surface area contributed by atoms with Gasteiger partial charge in [-0.2, -0.15) is 0 Å². The molecule has 0 aliphatic heterocycles. The van der Waals surface area contributed by atoms with Gasteiger partial charge in [-0.05, 0) is 17.5 Å². The summed E-state index contributed by atoms with van der Waals surface area (Å²) in [5, 5.41) is 6.62. The molecule has 1 unspecified atom stereocenters. The smallest absolute Gasteiger partial charge is 0.223 e. The van der Waals surface area contributed by atoms with Crippen LogP contribution in [-0.2, 0) is 11.2 Å². The lowest BCUT2D eigenvalue weighted by Crippen LogP contribution is -2.41. The fraction of sp³-hybridized carbons (Fsp3) is 0.364. The molecule has 0 saturated heterocycles. The van der Waals surface area contributed by atoms with Gasteiger partial charge in [0.1, 0.15) is 0 Å². The molecule has 2 rings (SSSR count). The van der Waals surface area contributed by atoms with Crippen molar-refractivity contribution in [3.8, 4) is 0 Å². The number of aliphatic imine (C=N–C) groups is 1. The average Bonchev–Trinajstić information content (AvgIpc) is 2.70. The second kappa shape index (κ2) is 13.1. The summed E-state index contributed by atoms with van der Waals surface area (Å²) in [4.78, 5) is 17.6. The Balaban J connectivity index is 0.00000392. The topological polar surface area (TPSA) is 56.7 Å². The largest absolute Gasteiger partial charge is 0.356 e. The molecule has 2 N–H and O–H groups in total. The number of amides is 1. The molecule has 0 fully saturated rings. The van der Waals surface area contributed by atoms with Crippen LogP contribution in [-0.4, -0.2) is 51.0 Å². The van der Waals surface area contributed by atoms with Gasteiger partial charge < -0.3 is 15.5 Å². The molecule has 0 saturated carbocycles. The zero-order valence-electron chi connectivity index (χ0n) is 16.9. The van der Waals surface area contributed by atoms with Gasteiger partial charge >= 0.3 is 0 Å². The minimum absolute atomic E-state index is 0. The SMILES string of the molecule is CN=C(NCCC(=O)N(C)C)NCC(Cc1ccccc1)c1ccccc1.I. The van der Waals surface area contributed by atoms with E-state index in [9.17, 15) is 4.79 Å². The van der Waals surface area contributed by atoms with Crippen molar-refractivity contribution in [3.05, 3.63) is 71.8 Å². The number of benzene rings is 2. The van der Waals surface area contributed by atoms with E-state index in [-0.39, 0.29) is 29.9 Å². The lowest BCUT2D eigenvalue weighted by molar-refractivity contribution is -0.128. The van der Waals surface area contributed by atoms with E-state index in [1.54, 1.807) is 26.0 Å². The summed E-state index contributed by atoms with van der Waals surface area (Å²) in [5.41, 5.74) is 2.61. The average molecular weight is 494 g/mol. The predicted molar refractivity (Wildman–Crippen MR) is 127 cm³/mol. The molecule has 0 bridgehead atoms. The number of guanidine groups is 1. The Bertz CT molecular complexity index is 720. The van der Waals surface area contributed by atoms with Crippen LogP contribution in [0.4, 0.5) is 0 Å². The minimum atomic E-state index is 0. The molecule has 1 amide bonds. The number of halogens is 1. The Labute approximate surface area is 185 Å².